The average molecular weight is 299 g/mol. The molecular weight excluding hydrogens is 272 g/mol. The van der Waals surface area contributed by atoms with Crippen molar-refractivity contribution in [2.45, 2.75) is 57.5 Å². The Hall–Kier alpha value is -0.0300. The maximum absolute atomic E-state index is 6.46. The second kappa shape index (κ2) is 6.61. The maximum Gasteiger partial charge on any atom is 0.0596 e. The zero-order valence-corrected chi connectivity index (χ0v) is 14.1. The van der Waals surface area contributed by atoms with E-state index in [0.717, 1.165) is 13.0 Å². The largest absolute Gasteiger partial charge is 0.326 e. The summed E-state index contributed by atoms with van der Waals surface area (Å²) in [5, 5.41) is 0.696. The molecule has 108 valence electrons. The van der Waals surface area contributed by atoms with E-state index in [9.17, 15) is 0 Å². The molecule has 0 aliphatic carbocycles. The minimum absolute atomic E-state index is 0.232. The van der Waals surface area contributed by atoms with Crippen molar-refractivity contribution >= 4 is 23.1 Å². The molecule has 1 aromatic heterocycles. The lowest BCUT2D eigenvalue weighted by Gasteiger charge is -2.44. The molecule has 0 saturated carbocycles. The lowest BCUT2D eigenvalue weighted by Crippen LogP contribution is -2.51. The number of rotatable bonds is 4. The molecule has 2 nitrogen and oxygen atoms in total. The Morgan fingerprint density at radius 1 is 1.42 bits per heavy atom. The van der Waals surface area contributed by atoms with Gasteiger partial charge in [-0.3, -0.25) is 4.90 Å². The number of hydrogen-bond donors (Lipinski definition) is 1. The fourth-order valence-corrected chi connectivity index (χ4v) is 5.00. The number of nitrogens with zero attached hydrogens (tertiary/aromatic N) is 1. The molecule has 0 bridgehead atoms. The quantitative estimate of drug-likeness (QED) is 0.920. The smallest absolute Gasteiger partial charge is 0.0596 e. The first kappa shape index (κ1) is 15.4. The van der Waals surface area contributed by atoms with Crippen molar-refractivity contribution in [3.63, 3.8) is 0 Å². The van der Waals surface area contributed by atoms with Gasteiger partial charge in [0.25, 0.3) is 0 Å². The molecule has 1 aromatic rings. The van der Waals surface area contributed by atoms with Crippen LogP contribution in [0.5, 0.6) is 0 Å². The van der Waals surface area contributed by atoms with Crippen molar-refractivity contribution in [2.24, 2.45) is 5.73 Å². The van der Waals surface area contributed by atoms with Crippen LogP contribution in [0.1, 0.15) is 43.0 Å². The minimum Gasteiger partial charge on any atom is -0.326 e. The number of aryl methyl sites for hydroxylation is 1. The van der Waals surface area contributed by atoms with Gasteiger partial charge in [-0.25, -0.2) is 0 Å². The molecule has 4 heteroatoms. The molecular formula is C15H26N2S2. The van der Waals surface area contributed by atoms with Gasteiger partial charge < -0.3 is 5.73 Å². The second-order valence-electron chi connectivity index (χ2n) is 5.52. The lowest BCUT2D eigenvalue weighted by molar-refractivity contribution is 0.127. The van der Waals surface area contributed by atoms with E-state index in [-0.39, 0.29) is 6.04 Å². The molecule has 1 saturated heterocycles. The summed E-state index contributed by atoms with van der Waals surface area (Å²) in [6.45, 7) is 10.2. The van der Waals surface area contributed by atoms with Crippen LogP contribution in [0.15, 0.2) is 12.1 Å². The molecule has 0 spiro atoms. The van der Waals surface area contributed by atoms with Gasteiger partial charge in [-0.2, -0.15) is 11.8 Å². The summed E-state index contributed by atoms with van der Waals surface area (Å²) in [6.07, 6.45) is 1.03. The van der Waals surface area contributed by atoms with Crippen molar-refractivity contribution in [3.05, 3.63) is 21.9 Å². The van der Waals surface area contributed by atoms with E-state index in [1.165, 1.54) is 15.5 Å². The number of thiophene rings is 1. The predicted molar refractivity (Wildman–Crippen MR) is 88.2 cm³/mol. The van der Waals surface area contributed by atoms with Gasteiger partial charge in [-0.1, -0.05) is 13.8 Å². The lowest BCUT2D eigenvalue weighted by atomic mass is 10.00. The summed E-state index contributed by atoms with van der Waals surface area (Å²) in [5.74, 6) is 1.22. The zero-order chi connectivity index (χ0) is 14.0. The van der Waals surface area contributed by atoms with E-state index in [4.69, 9.17) is 5.73 Å². The highest BCUT2D eigenvalue weighted by Gasteiger charge is 2.34. The van der Waals surface area contributed by atoms with Crippen LogP contribution in [0, 0.1) is 6.92 Å². The molecule has 0 radical (unpaired) electrons. The molecule has 4 atom stereocenters. The Labute approximate surface area is 125 Å². The van der Waals surface area contributed by atoms with Gasteiger partial charge in [0.05, 0.1) is 6.04 Å². The van der Waals surface area contributed by atoms with Crippen LogP contribution in [0.2, 0.25) is 0 Å². The number of thioether (sulfide) groups is 1. The second-order valence-corrected chi connectivity index (χ2v) is 8.32. The van der Waals surface area contributed by atoms with Gasteiger partial charge >= 0.3 is 0 Å². The fraction of sp³-hybridized carbons (Fsp3) is 0.733. The highest BCUT2D eigenvalue weighted by atomic mass is 32.2. The average Bonchev–Trinajstić information content (AvgIpc) is 2.81. The molecule has 2 rings (SSSR count). The van der Waals surface area contributed by atoms with Crippen LogP contribution in [-0.4, -0.2) is 34.5 Å². The molecule has 1 fully saturated rings. The van der Waals surface area contributed by atoms with Gasteiger partial charge in [-0.15, -0.1) is 11.3 Å². The molecule has 0 amide bonds. The first-order valence-corrected chi connectivity index (χ1v) is 9.10. The van der Waals surface area contributed by atoms with Crippen LogP contribution >= 0.6 is 23.1 Å². The monoisotopic (exact) mass is 298 g/mol. The van der Waals surface area contributed by atoms with Crippen molar-refractivity contribution < 1.29 is 0 Å². The van der Waals surface area contributed by atoms with Gasteiger partial charge in [0.1, 0.15) is 0 Å². The highest BCUT2D eigenvalue weighted by Crippen LogP contribution is 2.36. The molecule has 19 heavy (non-hydrogen) atoms. The third kappa shape index (κ3) is 3.35. The normalized spacial score (nSPS) is 28.3. The molecule has 2 N–H and O–H groups in total. The van der Waals surface area contributed by atoms with Crippen LogP contribution in [0.4, 0.5) is 0 Å². The van der Waals surface area contributed by atoms with Crippen molar-refractivity contribution in [3.8, 4) is 0 Å². The first-order valence-electron chi connectivity index (χ1n) is 7.23. The van der Waals surface area contributed by atoms with E-state index in [1.807, 2.05) is 11.3 Å². The van der Waals surface area contributed by atoms with E-state index in [2.05, 4.69) is 56.5 Å². The summed E-state index contributed by atoms with van der Waals surface area (Å²) >= 11 is 4.00. The molecule has 1 aliphatic heterocycles. The third-order valence-electron chi connectivity index (χ3n) is 4.22. The maximum atomic E-state index is 6.46. The molecule has 4 unspecified atom stereocenters. The van der Waals surface area contributed by atoms with Crippen LogP contribution in [0.25, 0.3) is 0 Å². The van der Waals surface area contributed by atoms with Gasteiger partial charge in [0.2, 0.25) is 0 Å². The van der Waals surface area contributed by atoms with E-state index < -0.39 is 0 Å². The van der Waals surface area contributed by atoms with Gasteiger partial charge in [-0.05, 0) is 32.4 Å². The Morgan fingerprint density at radius 2 is 2.16 bits per heavy atom. The number of hydrogen-bond acceptors (Lipinski definition) is 4. The minimum atomic E-state index is 0.232. The van der Waals surface area contributed by atoms with Crippen molar-refractivity contribution in [1.29, 1.82) is 0 Å². The van der Waals surface area contributed by atoms with Crippen molar-refractivity contribution in [1.82, 2.24) is 4.90 Å². The topological polar surface area (TPSA) is 29.3 Å². The Balaban J connectivity index is 2.27. The van der Waals surface area contributed by atoms with Crippen LogP contribution in [-0.2, 0) is 0 Å². The van der Waals surface area contributed by atoms with E-state index in [0.29, 0.717) is 17.3 Å². The van der Waals surface area contributed by atoms with Crippen LogP contribution < -0.4 is 5.73 Å². The molecule has 2 heterocycles. The van der Waals surface area contributed by atoms with E-state index >= 15 is 0 Å². The van der Waals surface area contributed by atoms with Gasteiger partial charge in [0.15, 0.2) is 0 Å². The summed E-state index contributed by atoms with van der Waals surface area (Å²) < 4.78 is 0. The Bertz CT molecular complexity index is 405. The highest BCUT2D eigenvalue weighted by molar-refractivity contribution is 8.00. The fourth-order valence-electron chi connectivity index (χ4n) is 2.80. The summed E-state index contributed by atoms with van der Waals surface area (Å²) in [4.78, 5) is 5.47. The Kier molecular flexibility index (Phi) is 5.35. The first-order chi connectivity index (χ1) is 9.04. The predicted octanol–water partition coefficient (Wildman–Crippen LogP) is 3.66. The third-order valence-corrected chi connectivity index (χ3v) is 6.63. The van der Waals surface area contributed by atoms with E-state index in [1.54, 1.807) is 0 Å². The van der Waals surface area contributed by atoms with Crippen LogP contribution in [0.3, 0.4) is 0 Å². The SMILES string of the molecule is CCC(N)C(c1ccc(C)s1)N1CCSC(C)C1C. The number of nitrogens with two attached hydrogens (primary N) is 1. The van der Waals surface area contributed by atoms with Crippen molar-refractivity contribution in [2.75, 3.05) is 12.3 Å². The summed E-state index contributed by atoms with van der Waals surface area (Å²) in [6, 6.07) is 5.73. The standard InChI is InChI=1S/C15H26N2S2/c1-5-13(16)15(14-7-6-10(2)19-14)17-8-9-18-12(4)11(17)3/h6-7,11-13,15H,5,8-9,16H2,1-4H3. The Morgan fingerprint density at radius 3 is 2.74 bits per heavy atom. The summed E-state index contributed by atoms with van der Waals surface area (Å²) in [5.41, 5.74) is 6.46. The summed E-state index contributed by atoms with van der Waals surface area (Å²) in [7, 11) is 0. The molecule has 1 aliphatic rings. The van der Waals surface area contributed by atoms with Gasteiger partial charge in [0, 0.05) is 39.4 Å². The zero-order valence-electron chi connectivity index (χ0n) is 12.4. The molecule has 0 aromatic carbocycles.